The van der Waals surface area contributed by atoms with Crippen molar-refractivity contribution in [2.45, 2.75) is 0 Å². The molecule has 42 valence electrons. The summed E-state index contributed by atoms with van der Waals surface area (Å²) in [6.45, 7) is 3.47. The fraction of sp³-hybridized carbons (Fsp3) is 0.600. The van der Waals surface area contributed by atoms with E-state index in [0.29, 0.717) is 5.75 Å². The summed E-state index contributed by atoms with van der Waals surface area (Å²) in [6, 6.07) is 0. The molecule has 0 aromatic rings. The van der Waals surface area contributed by atoms with Gasteiger partial charge in [0.2, 0.25) is 0 Å². The highest BCUT2D eigenvalue weighted by atomic mass is 32.2. The predicted octanol–water partition coefficient (Wildman–Crippen LogP) is 0.931. The molecule has 0 fully saturated rings. The van der Waals surface area contributed by atoms with Crippen molar-refractivity contribution in [1.82, 2.24) is 0 Å². The van der Waals surface area contributed by atoms with Crippen LogP contribution in [0.15, 0.2) is 12.7 Å². The maximum atomic E-state index is 10.7. The van der Waals surface area contributed by atoms with Gasteiger partial charge in [0.25, 0.3) is 0 Å². The second-order valence-electron chi connectivity index (χ2n) is 1.89. The highest BCUT2D eigenvalue weighted by molar-refractivity contribution is 8.01. The largest absolute Gasteiger partial charge is 0.129 e. The van der Waals surface area contributed by atoms with Crippen molar-refractivity contribution in [3.05, 3.63) is 12.7 Å². The van der Waals surface area contributed by atoms with Crippen LogP contribution in [0.2, 0.25) is 0 Å². The Bertz CT molecular complexity index is 101. The maximum Gasteiger partial charge on any atom is 0.129 e. The quantitative estimate of drug-likeness (QED) is 0.390. The third-order valence-electron chi connectivity index (χ3n) is 0.519. The van der Waals surface area contributed by atoms with E-state index in [4.69, 9.17) is 0 Å². The van der Waals surface area contributed by atoms with Crippen molar-refractivity contribution in [3.8, 4) is 0 Å². The van der Waals surface area contributed by atoms with Crippen LogP contribution in [-0.2, 0) is 14.1 Å². The zero-order valence-corrected chi connectivity index (χ0v) is 5.62. The van der Waals surface area contributed by atoms with E-state index in [1.807, 2.05) is 0 Å². The summed E-state index contributed by atoms with van der Waals surface area (Å²) >= 11 is 0. The summed E-state index contributed by atoms with van der Waals surface area (Å²) < 4.78 is 10.7. The lowest BCUT2D eigenvalue weighted by atomic mass is 10.8. The van der Waals surface area contributed by atoms with Gasteiger partial charge in [-0.25, -0.2) is 0 Å². The summed E-state index contributed by atoms with van der Waals surface area (Å²) in [7, 11) is -1.54. The third kappa shape index (κ3) is 5.89. The van der Waals surface area contributed by atoms with E-state index in [0.717, 1.165) is 0 Å². The van der Waals surface area contributed by atoms with Crippen molar-refractivity contribution in [1.29, 1.82) is 0 Å². The molecule has 0 saturated heterocycles. The van der Waals surface area contributed by atoms with Crippen LogP contribution in [0, 0.1) is 0 Å². The average Bonchev–Trinajstić information content (AvgIpc) is 1.30. The molecule has 0 aliphatic carbocycles. The maximum absolute atomic E-state index is 10.7. The van der Waals surface area contributed by atoms with Gasteiger partial charge in [-0.2, -0.15) is 0 Å². The average molecular weight is 119 g/mol. The van der Waals surface area contributed by atoms with Crippen LogP contribution in [0.4, 0.5) is 0 Å². The molecule has 0 aliphatic heterocycles. The Balaban J connectivity index is 3.57. The molecule has 2 heteroatoms. The van der Waals surface area contributed by atoms with Crippen molar-refractivity contribution >= 4 is 9.93 Å². The summed E-state index contributed by atoms with van der Waals surface area (Å²) in [6.07, 6.45) is 5.14. The molecular weight excluding hydrogens is 108 g/mol. The molecule has 0 aromatic carbocycles. The second-order valence-corrected chi connectivity index (χ2v) is 5.10. The summed E-state index contributed by atoms with van der Waals surface area (Å²) in [5, 5.41) is 0. The Morgan fingerprint density at radius 3 is 2.14 bits per heavy atom. The molecule has 0 amide bonds. The summed E-state index contributed by atoms with van der Waals surface area (Å²) in [5.41, 5.74) is 0. The highest BCUT2D eigenvalue weighted by Crippen LogP contribution is 1.90. The van der Waals surface area contributed by atoms with E-state index in [-0.39, 0.29) is 0 Å². The Morgan fingerprint density at radius 2 is 2.14 bits per heavy atom. The molecule has 0 unspecified atom stereocenters. The fourth-order valence-electron chi connectivity index (χ4n) is 0.284. The van der Waals surface area contributed by atoms with E-state index < -0.39 is 9.93 Å². The Kier molecular flexibility index (Phi) is 2.23. The fourth-order valence-corrected chi connectivity index (χ4v) is 0.851. The van der Waals surface area contributed by atoms with Crippen molar-refractivity contribution < 1.29 is 4.21 Å². The first-order valence-electron chi connectivity index (χ1n) is 2.09. The van der Waals surface area contributed by atoms with Gasteiger partial charge in [-0.05, 0) is 6.08 Å². The molecule has 0 aromatic heterocycles. The van der Waals surface area contributed by atoms with Gasteiger partial charge in [-0.3, -0.25) is 0 Å². The first kappa shape index (κ1) is 6.89. The van der Waals surface area contributed by atoms with Gasteiger partial charge in [0, 0.05) is 0 Å². The van der Waals surface area contributed by atoms with Crippen LogP contribution < -0.4 is 0 Å². The molecule has 0 aliphatic rings. The smallest absolute Gasteiger partial charge is 0.106 e. The predicted molar refractivity (Wildman–Crippen MR) is 35.0 cm³/mol. The third-order valence-corrected chi connectivity index (χ3v) is 1.56. The summed E-state index contributed by atoms with van der Waals surface area (Å²) in [4.78, 5) is 0. The van der Waals surface area contributed by atoms with Crippen LogP contribution in [0.1, 0.15) is 0 Å². The number of hydrogen-bond donors (Lipinski definition) is 0. The van der Waals surface area contributed by atoms with Crippen LogP contribution in [0.3, 0.4) is 0 Å². The minimum absolute atomic E-state index is 0.632. The number of rotatable bonds is 2. The van der Waals surface area contributed by atoms with Crippen LogP contribution >= 0.6 is 0 Å². The van der Waals surface area contributed by atoms with Gasteiger partial charge >= 0.3 is 0 Å². The van der Waals surface area contributed by atoms with E-state index >= 15 is 0 Å². The molecule has 0 bridgehead atoms. The molecular formula is C5H11OS+. The molecule has 0 spiro atoms. The molecule has 0 rings (SSSR count). The van der Waals surface area contributed by atoms with Gasteiger partial charge in [-0.15, -0.1) is 4.21 Å². The Hall–Kier alpha value is -0.110. The van der Waals surface area contributed by atoms with Crippen LogP contribution in [0.5, 0.6) is 0 Å². The van der Waals surface area contributed by atoms with Gasteiger partial charge in [-0.1, -0.05) is 6.58 Å². The second kappa shape index (κ2) is 2.26. The Labute approximate surface area is 45.9 Å². The van der Waals surface area contributed by atoms with Gasteiger partial charge in [0.1, 0.15) is 18.3 Å². The standard InChI is InChI=1S/C5H11OS/c1-4-5-7(2,3)6/h4H,1,5H2,2-3H3/q+1. The van der Waals surface area contributed by atoms with Crippen LogP contribution in [-0.4, -0.2) is 18.3 Å². The molecule has 0 heterocycles. The normalized spacial score (nSPS) is 11.1. The number of hydrogen-bond acceptors (Lipinski definition) is 1. The van der Waals surface area contributed by atoms with E-state index in [1.165, 1.54) is 0 Å². The minimum atomic E-state index is -1.54. The molecule has 0 saturated carbocycles. The highest BCUT2D eigenvalue weighted by Gasteiger charge is 2.06. The van der Waals surface area contributed by atoms with Crippen molar-refractivity contribution in [3.63, 3.8) is 0 Å². The van der Waals surface area contributed by atoms with E-state index in [2.05, 4.69) is 6.58 Å². The van der Waals surface area contributed by atoms with Crippen molar-refractivity contribution in [2.75, 3.05) is 18.3 Å². The Morgan fingerprint density at radius 1 is 1.71 bits per heavy atom. The first-order chi connectivity index (χ1) is 3.06. The lowest BCUT2D eigenvalue weighted by molar-refractivity contribution is 0.592. The van der Waals surface area contributed by atoms with E-state index in [1.54, 1.807) is 18.6 Å². The molecule has 0 radical (unpaired) electrons. The zero-order chi connectivity index (χ0) is 5.91. The molecule has 1 nitrogen and oxygen atoms in total. The topological polar surface area (TPSA) is 17.1 Å². The minimum Gasteiger partial charge on any atom is -0.106 e. The SMILES string of the molecule is C=CC[S+](C)(C)=O. The van der Waals surface area contributed by atoms with E-state index in [9.17, 15) is 4.21 Å². The summed E-state index contributed by atoms with van der Waals surface area (Å²) in [5.74, 6) is 0.632. The van der Waals surface area contributed by atoms with Crippen LogP contribution in [0.25, 0.3) is 0 Å². The monoisotopic (exact) mass is 119 g/mol. The molecule has 0 N–H and O–H groups in total. The van der Waals surface area contributed by atoms with Gasteiger partial charge in [0.15, 0.2) is 0 Å². The first-order valence-corrected chi connectivity index (χ1v) is 4.63. The van der Waals surface area contributed by atoms with Gasteiger partial charge < -0.3 is 0 Å². The molecule has 7 heavy (non-hydrogen) atoms. The van der Waals surface area contributed by atoms with Crippen molar-refractivity contribution in [2.24, 2.45) is 0 Å². The molecule has 0 atom stereocenters. The van der Waals surface area contributed by atoms with Gasteiger partial charge in [0.05, 0.1) is 9.93 Å². The lowest BCUT2D eigenvalue weighted by Crippen LogP contribution is -2.07. The zero-order valence-electron chi connectivity index (χ0n) is 4.81. The lowest BCUT2D eigenvalue weighted by Gasteiger charge is -1.90.